The van der Waals surface area contributed by atoms with Gasteiger partial charge in [0.2, 0.25) is 0 Å². The largest absolute Gasteiger partial charge is 0.481 e. The number of Topliss-reactive ketones (excluding diaryl/α,β-unsaturated/α-hetero) is 2. The van der Waals surface area contributed by atoms with Gasteiger partial charge in [0, 0.05) is 32.1 Å². The monoisotopic (exact) mass is 256 g/mol. The van der Waals surface area contributed by atoms with E-state index < -0.39 is 12.1 Å². The summed E-state index contributed by atoms with van der Waals surface area (Å²) in [6, 6.07) is 0. The highest BCUT2D eigenvalue weighted by Crippen LogP contribution is 2.27. The number of carbonyl (C=O) groups excluding carboxylic acids is 2. The first-order chi connectivity index (χ1) is 8.49. The molecule has 1 unspecified atom stereocenters. The quantitative estimate of drug-likeness (QED) is 0.639. The maximum atomic E-state index is 11.5. The molecule has 5 heteroatoms. The lowest BCUT2D eigenvalue weighted by atomic mass is 9.96. The second-order valence-corrected chi connectivity index (χ2v) is 4.95. The zero-order valence-electron chi connectivity index (χ0n) is 10.4. The van der Waals surface area contributed by atoms with Gasteiger partial charge in [-0.05, 0) is 25.2 Å². The van der Waals surface area contributed by atoms with Crippen LogP contribution in [0, 0.1) is 5.92 Å². The third-order valence-corrected chi connectivity index (χ3v) is 3.36. The summed E-state index contributed by atoms with van der Waals surface area (Å²) in [6.45, 7) is 0. The topological polar surface area (TPSA) is 91.7 Å². The van der Waals surface area contributed by atoms with Gasteiger partial charge in [-0.2, -0.15) is 0 Å². The van der Waals surface area contributed by atoms with E-state index in [1.807, 2.05) is 0 Å². The van der Waals surface area contributed by atoms with E-state index in [2.05, 4.69) is 0 Å². The molecule has 0 aromatic carbocycles. The average Bonchev–Trinajstić information content (AvgIpc) is 2.60. The Bertz CT molecular complexity index is 323. The summed E-state index contributed by atoms with van der Waals surface area (Å²) in [6.07, 6.45) is 2.56. The lowest BCUT2D eigenvalue weighted by Crippen LogP contribution is -2.14. The Labute approximate surface area is 106 Å². The number of carbonyl (C=O) groups is 3. The predicted molar refractivity (Wildman–Crippen MR) is 64.1 cm³/mol. The van der Waals surface area contributed by atoms with Crippen LogP contribution in [0.2, 0.25) is 0 Å². The number of carboxylic acid groups (broad SMARTS) is 1. The molecule has 1 aliphatic carbocycles. The number of aliphatic hydroxyl groups excluding tert-OH is 1. The normalized spacial score (nSPS) is 23.3. The van der Waals surface area contributed by atoms with Gasteiger partial charge in [0.05, 0.1) is 6.10 Å². The predicted octanol–water partition coefficient (Wildman–Crippen LogP) is 1.32. The number of hydrogen-bond acceptors (Lipinski definition) is 4. The molecule has 0 radical (unpaired) electrons. The Kier molecular flexibility index (Phi) is 5.98. The molecule has 0 amide bonds. The molecule has 0 bridgehead atoms. The lowest BCUT2D eigenvalue weighted by molar-refractivity contribution is -0.137. The van der Waals surface area contributed by atoms with Gasteiger partial charge in [0.15, 0.2) is 0 Å². The second kappa shape index (κ2) is 7.26. The van der Waals surface area contributed by atoms with Gasteiger partial charge in [0.1, 0.15) is 11.6 Å². The van der Waals surface area contributed by atoms with E-state index in [4.69, 9.17) is 5.11 Å². The molecule has 1 rings (SSSR count). The van der Waals surface area contributed by atoms with Crippen molar-refractivity contribution >= 4 is 17.5 Å². The van der Waals surface area contributed by atoms with E-state index in [1.54, 1.807) is 0 Å². The highest BCUT2D eigenvalue weighted by molar-refractivity contribution is 5.82. The van der Waals surface area contributed by atoms with E-state index in [-0.39, 0.29) is 30.3 Å². The molecule has 0 saturated heterocycles. The van der Waals surface area contributed by atoms with Crippen LogP contribution in [0.4, 0.5) is 0 Å². The first-order valence-corrected chi connectivity index (χ1v) is 6.42. The van der Waals surface area contributed by atoms with Gasteiger partial charge < -0.3 is 10.2 Å². The number of unbranched alkanes of at least 4 members (excludes halogenated alkanes) is 1. The van der Waals surface area contributed by atoms with Crippen LogP contribution in [0.15, 0.2) is 0 Å². The number of aliphatic hydroxyl groups is 1. The fourth-order valence-corrected chi connectivity index (χ4v) is 2.28. The van der Waals surface area contributed by atoms with Crippen LogP contribution in [-0.2, 0) is 14.4 Å². The van der Waals surface area contributed by atoms with Crippen molar-refractivity contribution in [2.45, 2.75) is 57.5 Å². The minimum absolute atomic E-state index is 0.0690. The molecule has 18 heavy (non-hydrogen) atoms. The van der Waals surface area contributed by atoms with Crippen molar-refractivity contribution < 1.29 is 24.6 Å². The van der Waals surface area contributed by atoms with Crippen molar-refractivity contribution in [3.05, 3.63) is 0 Å². The smallest absolute Gasteiger partial charge is 0.303 e. The van der Waals surface area contributed by atoms with Crippen molar-refractivity contribution in [3.8, 4) is 0 Å². The second-order valence-electron chi connectivity index (χ2n) is 4.95. The molecule has 0 spiro atoms. The van der Waals surface area contributed by atoms with E-state index in [9.17, 15) is 19.5 Å². The molecule has 102 valence electrons. The molecule has 5 nitrogen and oxygen atoms in total. The molecule has 1 saturated carbocycles. The van der Waals surface area contributed by atoms with Crippen LogP contribution >= 0.6 is 0 Å². The molecule has 1 fully saturated rings. The SMILES string of the molecule is O=C(O)CCCCC(=O)CC[C@@H]1CC(=O)CC1O. The Morgan fingerprint density at radius 1 is 1.11 bits per heavy atom. The van der Waals surface area contributed by atoms with Crippen LogP contribution in [-0.4, -0.2) is 33.9 Å². The fraction of sp³-hybridized carbons (Fsp3) is 0.769. The first kappa shape index (κ1) is 14.8. The Morgan fingerprint density at radius 3 is 2.33 bits per heavy atom. The van der Waals surface area contributed by atoms with Crippen molar-refractivity contribution in [1.82, 2.24) is 0 Å². The van der Waals surface area contributed by atoms with E-state index in [1.165, 1.54) is 0 Å². The fourth-order valence-electron chi connectivity index (χ4n) is 2.28. The van der Waals surface area contributed by atoms with Crippen molar-refractivity contribution in [1.29, 1.82) is 0 Å². The molecular weight excluding hydrogens is 236 g/mol. The molecule has 0 aliphatic heterocycles. The van der Waals surface area contributed by atoms with Crippen LogP contribution < -0.4 is 0 Å². The van der Waals surface area contributed by atoms with Crippen LogP contribution in [0.3, 0.4) is 0 Å². The Hall–Kier alpha value is -1.23. The Morgan fingerprint density at radius 2 is 1.78 bits per heavy atom. The number of carboxylic acids is 1. The van der Waals surface area contributed by atoms with Crippen molar-refractivity contribution in [2.75, 3.05) is 0 Å². The van der Waals surface area contributed by atoms with Crippen LogP contribution in [0.5, 0.6) is 0 Å². The zero-order chi connectivity index (χ0) is 13.5. The highest BCUT2D eigenvalue weighted by Gasteiger charge is 2.31. The van der Waals surface area contributed by atoms with E-state index >= 15 is 0 Å². The standard InChI is InChI=1S/C13H20O5/c14-10(3-1-2-4-13(17)18)6-5-9-7-11(15)8-12(9)16/h9,12,16H,1-8H2,(H,17,18)/t9-,12?/m1/s1. The summed E-state index contributed by atoms with van der Waals surface area (Å²) in [5.41, 5.74) is 0. The number of ketones is 2. The van der Waals surface area contributed by atoms with Gasteiger partial charge >= 0.3 is 5.97 Å². The lowest BCUT2D eigenvalue weighted by Gasteiger charge is -2.12. The highest BCUT2D eigenvalue weighted by atomic mass is 16.4. The molecular formula is C13H20O5. The van der Waals surface area contributed by atoms with Gasteiger partial charge in [-0.25, -0.2) is 0 Å². The molecule has 2 atom stereocenters. The number of hydrogen-bond donors (Lipinski definition) is 2. The number of rotatable bonds is 8. The van der Waals surface area contributed by atoms with Crippen LogP contribution in [0.1, 0.15) is 51.4 Å². The minimum Gasteiger partial charge on any atom is -0.481 e. The summed E-state index contributed by atoms with van der Waals surface area (Å²) in [7, 11) is 0. The minimum atomic E-state index is -0.838. The van der Waals surface area contributed by atoms with Gasteiger partial charge in [-0.1, -0.05) is 0 Å². The maximum absolute atomic E-state index is 11.5. The summed E-state index contributed by atoms with van der Waals surface area (Å²) >= 11 is 0. The molecule has 0 aromatic heterocycles. The van der Waals surface area contributed by atoms with Crippen LogP contribution in [0.25, 0.3) is 0 Å². The molecule has 2 N–H and O–H groups in total. The van der Waals surface area contributed by atoms with Crippen molar-refractivity contribution in [2.24, 2.45) is 5.92 Å². The molecule has 0 aromatic rings. The van der Waals surface area contributed by atoms with Crippen molar-refractivity contribution in [3.63, 3.8) is 0 Å². The van der Waals surface area contributed by atoms with Gasteiger partial charge in [-0.15, -0.1) is 0 Å². The molecule has 1 aliphatic rings. The molecule has 0 heterocycles. The third kappa shape index (κ3) is 5.40. The third-order valence-electron chi connectivity index (χ3n) is 3.36. The summed E-state index contributed by atoms with van der Waals surface area (Å²) < 4.78 is 0. The first-order valence-electron chi connectivity index (χ1n) is 6.42. The van der Waals surface area contributed by atoms with Gasteiger partial charge in [-0.3, -0.25) is 14.4 Å². The summed E-state index contributed by atoms with van der Waals surface area (Å²) in [5, 5.41) is 18.0. The summed E-state index contributed by atoms with van der Waals surface area (Å²) in [4.78, 5) is 32.9. The Balaban J connectivity index is 2.10. The van der Waals surface area contributed by atoms with E-state index in [0.717, 1.165) is 0 Å². The van der Waals surface area contributed by atoms with Gasteiger partial charge in [0.25, 0.3) is 0 Å². The maximum Gasteiger partial charge on any atom is 0.303 e. The number of aliphatic carboxylic acids is 1. The summed E-state index contributed by atoms with van der Waals surface area (Å²) in [5.74, 6) is -0.746. The zero-order valence-corrected chi connectivity index (χ0v) is 10.4. The van der Waals surface area contributed by atoms with E-state index in [0.29, 0.717) is 38.5 Å². The average molecular weight is 256 g/mol.